The number of tetrazole rings is 1. The zero-order valence-electron chi connectivity index (χ0n) is 21.8. The van der Waals surface area contributed by atoms with Gasteiger partial charge in [-0.25, -0.2) is 9.78 Å². The molecule has 10 heteroatoms. The lowest BCUT2D eigenvalue weighted by Gasteiger charge is -2.14. The molecular formula is C28H30N8O2. The van der Waals surface area contributed by atoms with E-state index in [1.54, 1.807) is 4.57 Å². The Morgan fingerprint density at radius 1 is 0.974 bits per heavy atom. The third-order valence-corrected chi connectivity index (χ3v) is 7.23. The predicted molar refractivity (Wildman–Crippen MR) is 145 cm³/mol. The molecule has 0 bridgehead atoms. The summed E-state index contributed by atoms with van der Waals surface area (Å²) in [5.74, 6) is 1.84. The number of nitrogens with one attached hydrogen (secondary N) is 1. The van der Waals surface area contributed by atoms with E-state index in [9.17, 15) is 9.59 Å². The molecule has 1 aliphatic carbocycles. The molecule has 0 atom stereocenters. The zero-order valence-corrected chi connectivity index (χ0v) is 21.8. The van der Waals surface area contributed by atoms with Crippen molar-refractivity contribution in [1.82, 2.24) is 39.3 Å². The Bertz CT molecular complexity index is 1720. The minimum atomic E-state index is -0.263. The maximum Gasteiger partial charge on any atom is 0.332 e. The lowest BCUT2D eigenvalue weighted by Crippen LogP contribution is -2.41. The van der Waals surface area contributed by atoms with Crippen molar-refractivity contribution in [3.8, 4) is 22.5 Å². The fourth-order valence-corrected chi connectivity index (χ4v) is 5.09. The van der Waals surface area contributed by atoms with E-state index < -0.39 is 0 Å². The number of benzene rings is 2. The van der Waals surface area contributed by atoms with Gasteiger partial charge >= 0.3 is 5.69 Å². The van der Waals surface area contributed by atoms with Gasteiger partial charge in [0.05, 0.1) is 0 Å². The highest BCUT2D eigenvalue weighted by Gasteiger charge is 2.27. The second-order valence-electron chi connectivity index (χ2n) is 10.2. The van der Waals surface area contributed by atoms with Crippen LogP contribution in [0.15, 0.2) is 58.1 Å². The van der Waals surface area contributed by atoms with Crippen LogP contribution in [0.1, 0.15) is 50.9 Å². The van der Waals surface area contributed by atoms with E-state index in [-0.39, 0.29) is 17.2 Å². The highest BCUT2D eigenvalue weighted by molar-refractivity contribution is 5.80. The Balaban J connectivity index is 1.43. The maximum atomic E-state index is 13.7. The molecule has 0 unspecified atom stereocenters. The fourth-order valence-electron chi connectivity index (χ4n) is 5.09. The molecule has 3 aromatic heterocycles. The number of hydrogen-bond acceptors (Lipinski definition) is 6. The molecule has 0 amide bonds. The van der Waals surface area contributed by atoms with Gasteiger partial charge in [-0.2, -0.15) is 5.21 Å². The molecule has 0 saturated heterocycles. The van der Waals surface area contributed by atoms with Crippen LogP contribution < -0.4 is 11.2 Å². The van der Waals surface area contributed by atoms with Crippen molar-refractivity contribution < 1.29 is 0 Å². The van der Waals surface area contributed by atoms with Gasteiger partial charge in [-0.05, 0) is 47.6 Å². The van der Waals surface area contributed by atoms with Crippen molar-refractivity contribution in [3.05, 3.63) is 80.8 Å². The van der Waals surface area contributed by atoms with Crippen LogP contribution in [0.5, 0.6) is 0 Å². The molecule has 0 aliphatic heterocycles. The average Bonchev–Trinajstić information content (AvgIpc) is 3.42. The molecule has 5 aromatic rings. The molecule has 1 aliphatic rings. The largest absolute Gasteiger partial charge is 0.332 e. The number of rotatable bonds is 8. The first kappa shape index (κ1) is 24.0. The summed E-state index contributed by atoms with van der Waals surface area (Å²) in [6.07, 6.45) is 2.13. The van der Waals surface area contributed by atoms with Gasteiger partial charge in [-0.3, -0.25) is 13.9 Å². The normalized spacial score (nSPS) is 13.6. The average molecular weight is 511 g/mol. The summed E-state index contributed by atoms with van der Waals surface area (Å²) in [5.41, 5.74) is 4.44. The van der Waals surface area contributed by atoms with Crippen LogP contribution in [-0.2, 0) is 19.6 Å². The van der Waals surface area contributed by atoms with Gasteiger partial charge in [0, 0.05) is 31.1 Å². The molecular weight excluding hydrogens is 480 g/mol. The maximum absolute atomic E-state index is 13.7. The SMILES string of the molecule is CCn1c(=O)n(CC2CC2)c(=O)c2c1nc(C(C)C)n2Cc1ccc(-c2ccccc2-c2nn[nH]n2)cc1. The number of nitrogens with zero attached hydrogens (tertiary/aromatic N) is 7. The van der Waals surface area contributed by atoms with Gasteiger partial charge in [0.25, 0.3) is 5.56 Å². The summed E-state index contributed by atoms with van der Waals surface area (Å²) in [4.78, 5) is 31.7. The summed E-state index contributed by atoms with van der Waals surface area (Å²) in [7, 11) is 0. The van der Waals surface area contributed by atoms with E-state index in [4.69, 9.17) is 4.98 Å². The highest BCUT2D eigenvalue weighted by atomic mass is 16.2. The molecule has 2 aromatic carbocycles. The number of aromatic nitrogens is 8. The highest BCUT2D eigenvalue weighted by Crippen LogP contribution is 2.31. The van der Waals surface area contributed by atoms with Crippen molar-refractivity contribution in [2.45, 2.75) is 59.2 Å². The lowest BCUT2D eigenvalue weighted by molar-refractivity contribution is 0.542. The first-order valence-electron chi connectivity index (χ1n) is 13.1. The lowest BCUT2D eigenvalue weighted by atomic mass is 9.98. The van der Waals surface area contributed by atoms with Crippen molar-refractivity contribution in [2.24, 2.45) is 5.92 Å². The Morgan fingerprint density at radius 3 is 2.34 bits per heavy atom. The number of hydrogen-bond donors (Lipinski definition) is 1. The van der Waals surface area contributed by atoms with E-state index in [0.29, 0.717) is 42.5 Å². The van der Waals surface area contributed by atoms with E-state index in [1.807, 2.05) is 35.8 Å². The molecule has 38 heavy (non-hydrogen) atoms. The number of H-pyrrole nitrogens is 1. The van der Waals surface area contributed by atoms with Gasteiger partial charge in [0.2, 0.25) is 5.82 Å². The van der Waals surface area contributed by atoms with Crippen LogP contribution in [0.3, 0.4) is 0 Å². The van der Waals surface area contributed by atoms with E-state index in [0.717, 1.165) is 40.9 Å². The van der Waals surface area contributed by atoms with Crippen molar-refractivity contribution in [3.63, 3.8) is 0 Å². The van der Waals surface area contributed by atoms with Crippen LogP contribution >= 0.6 is 0 Å². The second kappa shape index (κ2) is 9.51. The third-order valence-electron chi connectivity index (χ3n) is 7.23. The summed E-state index contributed by atoms with van der Waals surface area (Å²) >= 11 is 0. The monoisotopic (exact) mass is 510 g/mol. The minimum absolute atomic E-state index is 0.0835. The molecule has 1 saturated carbocycles. The number of imidazole rings is 1. The summed E-state index contributed by atoms with van der Waals surface area (Å²) < 4.78 is 5.06. The quantitative estimate of drug-likeness (QED) is 0.339. The summed E-state index contributed by atoms with van der Waals surface area (Å²) in [6, 6.07) is 16.2. The van der Waals surface area contributed by atoms with Crippen LogP contribution in [0.2, 0.25) is 0 Å². The van der Waals surface area contributed by atoms with E-state index in [2.05, 4.69) is 58.7 Å². The van der Waals surface area contributed by atoms with E-state index in [1.165, 1.54) is 4.57 Å². The molecule has 1 fully saturated rings. The Kier molecular flexibility index (Phi) is 6.01. The minimum Gasteiger partial charge on any atom is -0.317 e. The van der Waals surface area contributed by atoms with Gasteiger partial charge in [-0.15, -0.1) is 10.2 Å². The van der Waals surface area contributed by atoms with E-state index >= 15 is 0 Å². The molecule has 0 spiro atoms. The number of aryl methyl sites for hydroxylation is 1. The Hall–Kier alpha value is -4.34. The predicted octanol–water partition coefficient (Wildman–Crippen LogP) is 3.81. The molecule has 0 radical (unpaired) electrons. The van der Waals surface area contributed by atoms with Gasteiger partial charge < -0.3 is 4.57 Å². The molecule has 3 heterocycles. The second-order valence-corrected chi connectivity index (χ2v) is 10.2. The summed E-state index contributed by atoms with van der Waals surface area (Å²) in [6.45, 7) is 7.47. The van der Waals surface area contributed by atoms with Gasteiger partial charge in [0.1, 0.15) is 5.82 Å². The smallest absolute Gasteiger partial charge is 0.317 e. The van der Waals surface area contributed by atoms with Gasteiger partial charge in [-0.1, -0.05) is 62.4 Å². The standard InChI is InChI=1S/C28H30N8O2/c1-4-34-26-23(27(37)36(28(34)38)16-18-9-10-18)35(25(29-26)17(2)3)15-19-11-13-20(14-12-19)21-7-5-6-8-22(21)24-30-32-33-31-24/h5-8,11-14,17-18H,4,9-10,15-16H2,1-3H3,(H,30,31,32,33). The first-order chi connectivity index (χ1) is 18.5. The first-order valence-corrected chi connectivity index (χ1v) is 13.1. The van der Waals surface area contributed by atoms with Crippen LogP contribution in [0.25, 0.3) is 33.7 Å². The zero-order chi connectivity index (χ0) is 26.4. The Morgan fingerprint density at radius 2 is 1.71 bits per heavy atom. The molecule has 1 N–H and O–H groups in total. The molecule has 194 valence electrons. The number of fused-ring (bicyclic) bond motifs is 1. The molecule has 6 rings (SSSR count). The van der Waals surface area contributed by atoms with Crippen molar-refractivity contribution in [1.29, 1.82) is 0 Å². The van der Waals surface area contributed by atoms with Gasteiger partial charge in [0.15, 0.2) is 11.2 Å². The third kappa shape index (κ3) is 4.15. The van der Waals surface area contributed by atoms with Crippen molar-refractivity contribution in [2.75, 3.05) is 0 Å². The molecule has 10 nitrogen and oxygen atoms in total. The summed E-state index contributed by atoms with van der Waals surface area (Å²) in [5, 5.41) is 14.5. The van der Waals surface area contributed by atoms with Crippen molar-refractivity contribution >= 4 is 11.2 Å². The van der Waals surface area contributed by atoms with Crippen LogP contribution in [0, 0.1) is 5.92 Å². The number of aromatic amines is 1. The van der Waals surface area contributed by atoms with Crippen LogP contribution in [0.4, 0.5) is 0 Å². The Labute approximate surface area is 219 Å². The fraction of sp³-hybridized carbons (Fsp3) is 0.357. The van der Waals surface area contributed by atoms with Crippen LogP contribution in [-0.4, -0.2) is 39.3 Å². The topological polar surface area (TPSA) is 116 Å².